The number of methoxy groups -OCH3 is 1. The minimum absolute atomic E-state index is 0.0590. The zero-order valence-corrected chi connectivity index (χ0v) is 32.3. The number of imide groups is 2. The quantitative estimate of drug-likeness (QED) is 0.233. The molecule has 6 heterocycles. The highest BCUT2D eigenvalue weighted by atomic mass is 19.3. The number of hydrogen-bond acceptors (Lipinski definition) is 10. The van der Waals surface area contributed by atoms with E-state index in [-0.39, 0.29) is 52.9 Å². The molecule has 306 valence electrons. The Balaban J connectivity index is 0.771. The number of ether oxygens (including phenoxy) is 1. The maximum Gasteiger partial charge on any atom is 0.280 e. The summed E-state index contributed by atoms with van der Waals surface area (Å²) in [6.07, 6.45) is 4.35. The van der Waals surface area contributed by atoms with E-state index in [0.717, 1.165) is 41.7 Å². The van der Waals surface area contributed by atoms with Crippen LogP contribution < -0.4 is 20.3 Å². The van der Waals surface area contributed by atoms with Crippen LogP contribution in [0.3, 0.4) is 0 Å². The number of carbonyl (C=O) groups is 6. The second-order valence-corrected chi connectivity index (χ2v) is 16.2. The first-order valence-corrected chi connectivity index (χ1v) is 19.9. The van der Waals surface area contributed by atoms with Crippen LogP contribution in [-0.4, -0.2) is 99.3 Å². The fourth-order valence-electron chi connectivity index (χ4n) is 9.45. The van der Waals surface area contributed by atoms with Gasteiger partial charge in [-0.1, -0.05) is 6.07 Å². The number of piperidine rings is 3. The van der Waals surface area contributed by atoms with E-state index in [1.807, 2.05) is 15.8 Å². The lowest BCUT2D eigenvalue weighted by Gasteiger charge is -2.52. The van der Waals surface area contributed by atoms with Crippen molar-refractivity contribution in [2.45, 2.75) is 69.9 Å². The van der Waals surface area contributed by atoms with Gasteiger partial charge in [-0.05, 0) is 86.8 Å². The van der Waals surface area contributed by atoms with Gasteiger partial charge >= 0.3 is 0 Å². The molecule has 1 spiro atoms. The lowest BCUT2D eigenvalue weighted by atomic mass is 9.60. The normalized spacial score (nSPS) is 20.9. The van der Waals surface area contributed by atoms with Crippen LogP contribution >= 0.6 is 0 Å². The van der Waals surface area contributed by atoms with Crippen molar-refractivity contribution in [1.82, 2.24) is 29.9 Å². The number of carbonyl (C=O) groups excluding carboxylic acids is 6. The van der Waals surface area contributed by atoms with Crippen LogP contribution in [0.1, 0.15) is 101 Å². The average molecular weight is 809 g/mol. The Morgan fingerprint density at radius 2 is 1.68 bits per heavy atom. The number of aromatic nitrogens is 3. The Bertz CT molecular complexity index is 2410. The summed E-state index contributed by atoms with van der Waals surface area (Å²) in [5.74, 6) is -2.32. The van der Waals surface area contributed by atoms with E-state index in [2.05, 4.69) is 20.5 Å². The van der Waals surface area contributed by atoms with Gasteiger partial charge in [0, 0.05) is 61.9 Å². The van der Waals surface area contributed by atoms with Gasteiger partial charge in [0.2, 0.25) is 17.7 Å². The molecule has 0 radical (unpaired) electrons. The molecule has 6 amide bonds. The number of likely N-dealkylation sites (tertiary alicyclic amines) is 1. The topological polar surface area (TPSA) is 176 Å². The summed E-state index contributed by atoms with van der Waals surface area (Å²) in [5.41, 5.74) is 1.86. The highest BCUT2D eigenvalue weighted by Crippen LogP contribution is 2.55. The summed E-state index contributed by atoms with van der Waals surface area (Å²) >= 11 is 0. The Kier molecular flexibility index (Phi) is 9.63. The van der Waals surface area contributed by atoms with Gasteiger partial charge in [0.25, 0.3) is 24.1 Å². The summed E-state index contributed by atoms with van der Waals surface area (Å²) in [4.78, 5) is 86.0. The van der Waals surface area contributed by atoms with Gasteiger partial charge < -0.3 is 19.9 Å². The number of anilines is 2. The van der Waals surface area contributed by atoms with Gasteiger partial charge in [-0.15, -0.1) is 0 Å². The minimum atomic E-state index is -2.79. The van der Waals surface area contributed by atoms with E-state index >= 15 is 0 Å². The van der Waals surface area contributed by atoms with E-state index in [1.54, 1.807) is 30.3 Å². The van der Waals surface area contributed by atoms with Crippen molar-refractivity contribution in [3.8, 4) is 5.75 Å². The van der Waals surface area contributed by atoms with Crippen LogP contribution in [0.25, 0.3) is 10.9 Å². The zero-order valence-electron chi connectivity index (χ0n) is 32.3. The number of halogens is 2. The molecular formula is C42H42F2N8O7. The largest absolute Gasteiger partial charge is 0.494 e. The molecule has 4 aliphatic heterocycles. The first-order chi connectivity index (χ1) is 28.4. The summed E-state index contributed by atoms with van der Waals surface area (Å²) in [6, 6.07) is 11.7. The third-order valence-electron chi connectivity index (χ3n) is 12.8. The summed E-state index contributed by atoms with van der Waals surface area (Å²) in [7, 11) is 1.48. The number of hydrogen-bond donors (Lipinski definition) is 2. The first kappa shape index (κ1) is 38.3. The Labute approximate surface area is 337 Å². The number of nitrogens with one attached hydrogen (secondary N) is 2. The first-order valence-electron chi connectivity index (χ1n) is 19.9. The van der Waals surface area contributed by atoms with Crippen LogP contribution in [0.2, 0.25) is 0 Å². The van der Waals surface area contributed by atoms with Crippen molar-refractivity contribution in [3.05, 3.63) is 77.2 Å². The highest BCUT2D eigenvalue weighted by Gasteiger charge is 2.48. The Hall–Kier alpha value is -6.26. The molecule has 17 heteroatoms. The molecule has 2 aromatic carbocycles. The molecule has 15 nitrogen and oxygen atoms in total. The maximum atomic E-state index is 13.7. The Morgan fingerprint density at radius 1 is 0.932 bits per heavy atom. The van der Waals surface area contributed by atoms with Crippen LogP contribution in [0.5, 0.6) is 5.75 Å². The number of fused-ring (bicyclic) bond motifs is 2. The van der Waals surface area contributed by atoms with Crippen molar-refractivity contribution in [1.29, 1.82) is 0 Å². The average Bonchev–Trinajstić information content (AvgIpc) is 3.75. The van der Waals surface area contributed by atoms with Crippen LogP contribution in [0, 0.1) is 11.3 Å². The molecule has 4 fully saturated rings. The maximum absolute atomic E-state index is 13.7. The number of rotatable bonds is 8. The monoisotopic (exact) mass is 808 g/mol. The van der Waals surface area contributed by atoms with Gasteiger partial charge in [0.05, 0.1) is 35.5 Å². The molecular weight excluding hydrogens is 767 g/mol. The van der Waals surface area contributed by atoms with Gasteiger partial charge in [-0.2, -0.15) is 5.10 Å². The van der Waals surface area contributed by atoms with Gasteiger partial charge in [-0.3, -0.25) is 43.7 Å². The summed E-state index contributed by atoms with van der Waals surface area (Å²) < 4.78 is 33.8. The van der Waals surface area contributed by atoms with Gasteiger partial charge in [-0.25, -0.2) is 13.8 Å². The van der Waals surface area contributed by atoms with Crippen molar-refractivity contribution < 1.29 is 42.3 Å². The second kappa shape index (κ2) is 14.8. The van der Waals surface area contributed by atoms with Crippen LogP contribution in [-0.2, 0) is 14.4 Å². The molecule has 0 unspecified atom stereocenters. The molecule has 0 bridgehead atoms. The van der Waals surface area contributed by atoms with E-state index in [0.29, 0.717) is 56.0 Å². The minimum Gasteiger partial charge on any atom is -0.494 e. The van der Waals surface area contributed by atoms with Crippen molar-refractivity contribution in [3.63, 3.8) is 0 Å². The van der Waals surface area contributed by atoms with Gasteiger partial charge in [0.15, 0.2) is 0 Å². The predicted molar refractivity (Wildman–Crippen MR) is 208 cm³/mol. The lowest BCUT2D eigenvalue weighted by Crippen LogP contribution is -2.54. The Morgan fingerprint density at radius 3 is 2.39 bits per heavy atom. The lowest BCUT2D eigenvalue weighted by molar-refractivity contribution is -0.140. The smallest absolute Gasteiger partial charge is 0.280 e. The summed E-state index contributed by atoms with van der Waals surface area (Å²) in [5, 5.41) is 10.6. The fraction of sp³-hybridized carbons (Fsp3) is 0.429. The van der Waals surface area contributed by atoms with Crippen molar-refractivity contribution in [2.24, 2.45) is 11.3 Å². The van der Waals surface area contributed by atoms with E-state index < -0.39 is 47.7 Å². The standard InChI is InChI=1S/C42H42F2N8O7/c1-59-34-19-31-24(17-32(34)46-37(54)30-4-2-3-29(45-30)36(43)44)22-51(48-31)26-20-42(21-26)11-15-50(16-12-42)39(56)23-9-13-49(14-10-23)25-5-6-27-28(18-25)41(58)52(40(27)57)33-7-8-35(53)47-38(33)55/h2-6,17-19,22-23,26,33,36H,7-16,20-21H2,1H3,(H,46,54)(H,47,53,55)/t33-/m0/s1. The van der Waals surface area contributed by atoms with E-state index in [4.69, 9.17) is 9.84 Å². The molecule has 4 aromatic rings. The zero-order chi connectivity index (χ0) is 41.2. The number of amides is 6. The third kappa shape index (κ3) is 6.95. The number of nitrogens with zero attached hydrogens (tertiary/aromatic N) is 6. The number of pyridine rings is 1. The van der Waals surface area contributed by atoms with Crippen LogP contribution in [0.4, 0.5) is 20.2 Å². The number of benzene rings is 2. The van der Waals surface area contributed by atoms with Crippen molar-refractivity contribution >= 4 is 57.7 Å². The molecule has 3 saturated heterocycles. The van der Waals surface area contributed by atoms with Gasteiger partial charge in [0.1, 0.15) is 23.2 Å². The number of alkyl halides is 2. The van der Waals surface area contributed by atoms with E-state index in [9.17, 15) is 37.5 Å². The molecule has 1 saturated carbocycles. The molecule has 59 heavy (non-hydrogen) atoms. The molecule has 1 aliphatic carbocycles. The third-order valence-corrected chi connectivity index (χ3v) is 12.8. The molecule has 5 aliphatic rings. The van der Waals surface area contributed by atoms with Crippen LogP contribution in [0.15, 0.2) is 54.7 Å². The fourth-order valence-corrected chi connectivity index (χ4v) is 9.45. The highest BCUT2D eigenvalue weighted by molar-refractivity contribution is 6.23. The predicted octanol–water partition coefficient (Wildman–Crippen LogP) is 4.89. The summed E-state index contributed by atoms with van der Waals surface area (Å²) in [6.45, 7) is 2.65. The van der Waals surface area contributed by atoms with E-state index in [1.165, 1.54) is 25.3 Å². The molecule has 1 atom stereocenters. The molecule has 2 N–H and O–H groups in total. The second-order valence-electron chi connectivity index (χ2n) is 16.2. The SMILES string of the molecule is COc1cc2nn(C3CC4(CCN(C(=O)C5CCN(c6ccc7c(c6)C(=O)N([C@H]6CCC(=O)NC6=O)C7=O)CC5)CC4)C3)cc2cc1NC(=O)c1cccc(C(F)F)n1. The molecule has 9 rings (SSSR count). The molecule has 2 aromatic heterocycles. The van der Waals surface area contributed by atoms with Crippen molar-refractivity contribution in [2.75, 3.05) is 43.5 Å².